The maximum atomic E-state index is 11.6. The molecule has 0 radical (unpaired) electrons. The Kier molecular flexibility index (Phi) is 3.58. The first-order valence-corrected chi connectivity index (χ1v) is 5.66. The van der Waals surface area contributed by atoms with Gasteiger partial charge in [-0.15, -0.1) is 0 Å². The molecule has 1 aromatic rings. The van der Waals surface area contributed by atoms with Crippen molar-refractivity contribution in [3.63, 3.8) is 0 Å². The van der Waals surface area contributed by atoms with Crippen LogP contribution in [0.5, 0.6) is 0 Å². The maximum absolute atomic E-state index is 11.6. The number of hydrogen-bond acceptors (Lipinski definition) is 4. The van der Waals surface area contributed by atoms with Crippen LogP contribution in [-0.4, -0.2) is 30.4 Å². The largest absolute Gasteiger partial charge is 0.461 e. The van der Waals surface area contributed by atoms with Gasteiger partial charge in [-0.3, -0.25) is 9.59 Å². The second kappa shape index (κ2) is 5.14. The van der Waals surface area contributed by atoms with Crippen molar-refractivity contribution in [1.29, 1.82) is 0 Å². The molecule has 1 N–H and O–H groups in total. The van der Waals surface area contributed by atoms with E-state index in [0.717, 1.165) is 6.42 Å². The Balaban J connectivity index is 1.78. The molecule has 0 aromatic carbocycles. The summed E-state index contributed by atoms with van der Waals surface area (Å²) in [7, 11) is 0. The highest BCUT2D eigenvalue weighted by atomic mass is 16.5. The van der Waals surface area contributed by atoms with Crippen molar-refractivity contribution in [3.05, 3.63) is 24.2 Å². The summed E-state index contributed by atoms with van der Waals surface area (Å²) in [5.74, 6) is -0.213. The van der Waals surface area contributed by atoms with Crippen LogP contribution < -0.4 is 5.32 Å². The summed E-state index contributed by atoms with van der Waals surface area (Å²) in [5.41, 5.74) is 0. The third-order valence-electron chi connectivity index (χ3n) is 2.74. The Bertz CT molecular complexity index is 399. The average molecular weight is 237 g/mol. The molecule has 1 amide bonds. The number of hydrogen-bond donors (Lipinski definition) is 1. The quantitative estimate of drug-likeness (QED) is 0.797. The first-order valence-electron chi connectivity index (χ1n) is 5.66. The Morgan fingerprint density at radius 1 is 1.47 bits per heavy atom. The molecule has 5 nitrogen and oxygen atoms in total. The van der Waals surface area contributed by atoms with Crippen LogP contribution in [0.4, 0.5) is 0 Å². The molecule has 0 saturated carbocycles. The van der Waals surface area contributed by atoms with Gasteiger partial charge in [-0.2, -0.15) is 0 Å². The standard InChI is InChI=1S/C12H15NO4/c1-8-4-5-11(17-8)12(15)13-7-9(14)10-3-2-6-16-10/h2-3,6,8,11H,4-5,7H2,1H3,(H,13,15)/t8-,11-/m0/s1. The van der Waals surface area contributed by atoms with Crippen molar-refractivity contribution in [2.24, 2.45) is 0 Å². The number of nitrogens with one attached hydrogen (secondary N) is 1. The first kappa shape index (κ1) is 11.9. The van der Waals surface area contributed by atoms with Crippen molar-refractivity contribution in [3.8, 4) is 0 Å². The lowest BCUT2D eigenvalue weighted by Gasteiger charge is -2.10. The Morgan fingerprint density at radius 2 is 2.29 bits per heavy atom. The number of furan rings is 1. The topological polar surface area (TPSA) is 68.5 Å². The molecule has 1 saturated heterocycles. The molecule has 92 valence electrons. The lowest BCUT2D eigenvalue weighted by Crippen LogP contribution is -2.37. The zero-order chi connectivity index (χ0) is 12.3. The minimum atomic E-state index is -0.422. The van der Waals surface area contributed by atoms with E-state index in [-0.39, 0.29) is 30.1 Å². The Labute approximate surface area is 99.1 Å². The van der Waals surface area contributed by atoms with E-state index >= 15 is 0 Å². The lowest BCUT2D eigenvalue weighted by atomic mass is 10.2. The number of amides is 1. The molecule has 2 atom stereocenters. The van der Waals surface area contributed by atoms with Crippen molar-refractivity contribution in [2.45, 2.75) is 32.0 Å². The van der Waals surface area contributed by atoms with Gasteiger partial charge < -0.3 is 14.5 Å². The van der Waals surface area contributed by atoms with Gasteiger partial charge >= 0.3 is 0 Å². The molecule has 0 bridgehead atoms. The predicted molar refractivity (Wildman–Crippen MR) is 59.6 cm³/mol. The predicted octanol–water partition coefficient (Wildman–Crippen LogP) is 1.15. The van der Waals surface area contributed by atoms with E-state index < -0.39 is 6.10 Å². The summed E-state index contributed by atoms with van der Waals surface area (Å²) in [5, 5.41) is 2.56. The van der Waals surface area contributed by atoms with Gasteiger partial charge in [-0.25, -0.2) is 0 Å². The fraction of sp³-hybridized carbons (Fsp3) is 0.500. The van der Waals surface area contributed by atoms with Gasteiger partial charge in [0.25, 0.3) is 0 Å². The summed E-state index contributed by atoms with van der Waals surface area (Å²) < 4.78 is 10.3. The van der Waals surface area contributed by atoms with Crippen LogP contribution in [0.15, 0.2) is 22.8 Å². The molecule has 2 heterocycles. The van der Waals surface area contributed by atoms with E-state index in [1.54, 1.807) is 12.1 Å². The van der Waals surface area contributed by atoms with E-state index in [2.05, 4.69) is 5.32 Å². The minimum absolute atomic E-state index is 0.0550. The van der Waals surface area contributed by atoms with Crippen LogP contribution >= 0.6 is 0 Å². The zero-order valence-electron chi connectivity index (χ0n) is 9.64. The highest BCUT2D eigenvalue weighted by Crippen LogP contribution is 2.18. The van der Waals surface area contributed by atoms with Gasteiger partial charge in [0.2, 0.25) is 11.7 Å². The van der Waals surface area contributed by atoms with Crippen LogP contribution in [-0.2, 0) is 9.53 Å². The van der Waals surface area contributed by atoms with Gasteiger partial charge in [0.1, 0.15) is 6.10 Å². The molecule has 17 heavy (non-hydrogen) atoms. The van der Waals surface area contributed by atoms with Crippen LogP contribution in [0, 0.1) is 0 Å². The normalized spacial score (nSPS) is 23.6. The van der Waals surface area contributed by atoms with Crippen LogP contribution in [0.1, 0.15) is 30.3 Å². The third kappa shape index (κ3) is 2.94. The molecule has 2 rings (SSSR count). The second-order valence-electron chi connectivity index (χ2n) is 4.13. The van der Waals surface area contributed by atoms with Gasteiger partial charge in [-0.05, 0) is 31.9 Å². The molecule has 1 aliphatic rings. The van der Waals surface area contributed by atoms with Gasteiger partial charge in [0, 0.05) is 0 Å². The zero-order valence-corrected chi connectivity index (χ0v) is 9.64. The summed E-state index contributed by atoms with van der Waals surface area (Å²) in [4.78, 5) is 23.2. The molecule has 5 heteroatoms. The SMILES string of the molecule is C[C@H]1CC[C@@H](C(=O)NCC(=O)c2ccco2)O1. The number of carbonyl (C=O) groups excluding carboxylic acids is 2. The number of Topliss-reactive ketones (excluding diaryl/α,β-unsaturated/α-hetero) is 1. The Morgan fingerprint density at radius 3 is 2.88 bits per heavy atom. The minimum Gasteiger partial charge on any atom is -0.461 e. The highest BCUT2D eigenvalue weighted by Gasteiger charge is 2.28. The molecule has 0 spiro atoms. The van der Waals surface area contributed by atoms with Crippen molar-refractivity contribution in [2.75, 3.05) is 6.54 Å². The van der Waals surface area contributed by atoms with Crippen LogP contribution in [0.2, 0.25) is 0 Å². The van der Waals surface area contributed by atoms with Crippen LogP contribution in [0.25, 0.3) is 0 Å². The molecule has 1 aliphatic heterocycles. The van der Waals surface area contributed by atoms with Crippen molar-refractivity contribution in [1.82, 2.24) is 5.32 Å². The fourth-order valence-electron chi connectivity index (χ4n) is 1.80. The van der Waals surface area contributed by atoms with Gasteiger partial charge in [-0.1, -0.05) is 0 Å². The first-order chi connectivity index (χ1) is 8.16. The van der Waals surface area contributed by atoms with E-state index in [4.69, 9.17) is 9.15 Å². The van der Waals surface area contributed by atoms with E-state index in [1.165, 1.54) is 6.26 Å². The summed E-state index contributed by atoms with van der Waals surface area (Å²) >= 11 is 0. The molecule has 0 unspecified atom stereocenters. The Hall–Kier alpha value is -1.62. The van der Waals surface area contributed by atoms with Gasteiger partial charge in [0.15, 0.2) is 5.76 Å². The van der Waals surface area contributed by atoms with Crippen molar-refractivity contribution < 1.29 is 18.7 Å². The van der Waals surface area contributed by atoms with E-state index in [1.807, 2.05) is 6.92 Å². The fourth-order valence-corrected chi connectivity index (χ4v) is 1.80. The molecule has 1 fully saturated rings. The third-order valence-corrected chi connectivity index (χ3v) is 2.74. The number of ether oxygens (including phenoxy) is 1. The molecular weight excluding hydrogens is 222 g/mol. The highest BCUT2D eigenvalue weighted by molar-refractivity contribution is 5.97. The smallest absolute Gasteiger partial charge is 0.249 e. The van der Waals surface area contributed by atoms with E-state index in [9.17, 15) is 9.59 Å². The summed E-state index contributed by atoms with van der Waals surface area (Å²) in [6.45, 7) is 1.88. The van der Waals surface area contributed by atoms with Crippen LogP contribution in [0.3, 0.4) is 0 Å². The van der Waals surface area contributed by atoms with E-state index in [0.29, 0.717) is 6.42 Å². The molecule has 0 aliphatic carbocycles. The van der Waals surface area contributed by atoms with Crippen molar-refractivity contribution >= 4 is 11.7 Å². The maximum Gasteiger partial charge on any atom is 0.249 e. The average Bonchev–Trinajstić information content (AvgIpc) is 2.95. The second-order valence-corrected chi connectivity index (χ2v) is 4.13. The summed E-state index contributed by atoms with van der Waals surface area (Å²) in [6, 6.07) is 3.21. The number of rotatable bonds is 4. The van der Waals surface area contributed by atoms with Gasteiger partial charge in [0.05, 0.1) is 18.9 Å². The lowest BCUT2D eigenvalue weighted by molar-refractivity contribution is -0.131. The molecular formula is C12H15NO4. The monoisotopic (exact) mass is 237 g/mol. The summed E-state index contributed by atoms with van der Waals surface area (Å²) in [6.07, 6.45) is 2.71. The molecule has 1 aromatic heterocycles. The number of ketones is 1. The number of carbonyl (C=O) groups is 2.